The van der Waals surface area contributed by atoms with E-state index in [4.69, 9.17) is 0 Å². The van der Waals surface area contributed by atoms with Crippen LogP contribution in [0.2, 0.25) is 0 Å². The Bertz CT molecular complexity index is 421. The van der Waals surface area contributed by atoms with Crippen LogP contribution < -0.4 is 5.32 Å². The van der Waals surface area contributed by atoms with Gasteiger partial charge in [0.05, 0.1) is 6.10 Å². The predicted molar refractivity (Wildman–Crippen MR) is 79.9 cm³/mol. The summed E-state index contributed by atoms with van der Waals surface area (Å²) in [7, 11) is 0. The molecule has 0 saturated heterocycles. The van der Waals surface area contributed by atoms with E-state index in [1.165, 1.54) is 37.8 Å². The smallest absolute Gasteiger partial charge is 0.123 e. The monoisotopic (exact) mass is 279 g/mol. The maximum Gasteiger partial charge on any atom is 0.123 e. The molecule has 0 aliphatic heterocycles. The Hall–Kier alpha value is -0.930. The van der Waals surface area contributed by atoms with E-state index in [2.05, 4.69) is 19.2 Å². The largest absolute Gasteiger partial charge is 0.387 e. The van der Waals surface area contributed by atoms with Gasteiger partial charge in [-0.3, -0.25) is 0 Å². The van der Waals surface area contributed by atoms with Gasteiger partial charge in [0, 0.05) is 12.6 Å². The van der Waals surface area contributed by atoms with Gasteiger partial charge in [-0.05, 0) is 42.4 Å². The Morgan fingerprint density at radius 1 is 1.30 bits per heavy atom. The number of aliphatic hydroxyl groups excluding tert-OH is 1. The minimum atomic E-state index is -0.638. The van der Waals surface area contributed by atoms with E-state index in [1.807, 2.05) is 0 Å². The van der Waals surface area contributed by atoms with Crippen molar-refractivity contribution in [1.29, 1.82) is 0 Å². The molecule has 1 aliphatic carbocycles. The second kappa shape index (κ2) is 7.19. The zero-order valence-corrected chi connectivity index (χ0v) is 12.5. The van der Waals surface area contributed by atoms with E-state index < -0.39 is 6.10 Å². The lowest BCUT2D eigenvalue weighted by molar-refractivity contribution is 0.143. The fourth-order valence-electron chi connectivity index (χ4n) is 3.31. The molecule has 0 heterocycles. The lowest BCUT2D eigenvalue weighted by Gasteiger charge is -2.35. The maximum absolute atomic E-state index is 13.2. The average Bonchev–Trinajstić information content (AvgIpc) is 2.45. The molecule has 2 nitrogen and oxygen atoms in total. The quantitative estimate of drug-likeness (QED) is 0.862. The van der Waals surface area contributed by atoms with Crippen molar-refractivity contribution in [3.05, 3.63) is 35.6 Å². The van der Waals surface area contributed by atoms with Crippen LogP contribution >= 0.6 is 0 Å². The molecular formula is C17H26FNO. The van der Waals surface area contributed by atoms with Gasteiger partial charge in [0.2, 0.25) is 0 Å². The van der Waals surface area contributed by atoms with Crippen LogP contribution in [0, 0.1) is 17.7 Å². The van der Waals surface area contributed by atoms with Crippen LogP contribution in [0.25, 0.3) is 0 Å². The van der Waals surface area contributed by atoms with Gasteiger partial charge >= 0.3 is 0 Å². The van der Waals surface area contributed by atoms with Crippen molar-refractivity contribution in [3.63, 3.8) is 0 Å². The summed E-state index contributed by atoms with van der Waals surface area (Å²) in [5.74, 6) is 1.06. The molecule has 3 atom stereocenters. The maximum atomic E-state index is 13.2. The molecule has 1 saturated carbocycles. The number of halogens is 1. The molecule has 20 heavy (non-hydrogen) atoms. The number of hydrogen-bond acceptors (Lipinski definition) is 2. The van der Waals surface area contributed by atoms with Crippen molar-refractivity contribution in [2.45, 2.75) is 51.7 Å². The summed E-state index contributed by atoms with van der Waals surface area (Å²) in [6.45, 7) is 5.04. The number of aliphatic hydroxyl groups is 1. The van der Waals surface area contributed by atoms with Crippen LogP contribution in [0.4, 0.5) is 4.39 Å². The van der Waals surface area contributed by atoms with Gasteiger partial charge in [-0.15, -0.1) is 0 Å². The number of rotatable bonds is 5. The third-order valence-electron chi connectivity index (χ3n) is 4.48. The van der Waals surface area contributed by atoms with E-state index in [-0.39, 0.29) is 5.82 Å². The summed E-state index contributed by atoms with van der Waals surface area (Å²) in [6.07, 6.45) is 4.38. The highest BCUT2D eigenvalue weighted by atomic mass is 19.1. The summed E-state index contributed by atoms with van der Waals surface area (Å²) < 4.78 is 13.2. The second-order valence-electron chi connectivity index (χ2n) is 6.28. The van der Waals surface area contributed by atoms with Crippen LogP contribution in [-0.4, -0.2) is 17.7 Å². The standard InChI is InChI=1S/C17H26FNO/c1-12(2)15-8-3-4-9-16(15)19-11-17(20)13-6-5-7-14(18)10-13/h5-7,10,12,15-17,19-20H,3-4,8-9,11H2,1-2H3. The van der Waals surface area contributed by atoms with Crippen molar-refractivity contribution in [2.75, 3.05) is 6.54 Å². The highest BCUT2D eigenvalue weighted by molar-refractivity contribution is 5.19. The molecular weight excluding hydrogens is 253 g/mol. The molecule has 1 fully saturated rings. The van der Waals surface area contributed by atoms with Crippen LogP contribution in [0.15, 0.2) is 24.3 Å². The van der Waals surface area contributed by atoms with E-state index in [9.17, 15) is 9.50 Å². The van der Waals surface area contributed by atoms with Crippen molar-refractivity contribution in [3.8, 4) is 0 Å². The first-order valence-corrected chi connectivity index (χ1v) is 7.75. The third-order valence-corrected chi connectivity index (χ3v) is 4.48. The van der Waals surface area contributed by atoms with E-state index in [0.717, 1.165) is 0 Å². The first kappa shape index (κ1) is 15.5. The summed E-state index contributed by atoms with van der Waals surface area (Å²) in [5.41, 5.74) is 0.648. The zero-order valence-electron chi connectivity index (χ0n) is 12.5. The topological polar surface area (TPSA) is 32.3 Å². The van der Waals surface area contributed by atoms with Crippen molar-refractivity contribution in [2.24, 2.45) is 11.8 Å². The van der Waals surface area contributed by atoms with E-state index >= 15 is 0 Å². The zero-order chi connectivity index (χ0) is 14.5. The lowest BCUT2D eigenvalue weighted by Crippen LogP contribution is -2.42. The van der Waals surface area contributed by atoms with Crippen LogP contribution in [-0.2, 0) is 0 Å². The normalized spacial score (nSPS) is 24.9. The van der Waals surface area contributed by atoms with Gasteiger partial charge in [0.25, 0.3) is 0 Å². The lowest BCUT2D eigenvalue weighted by atomic mass is 9.78. The first-order chi connectivity index (χ1) is 9.58. The van der Waals surface area contributed by atoms with Crippen LogP contribution in [0.3, 0.4) is 0 Å². The van der Waals surface area contributed by atoms with Gasteiger partial charge in [0.15, 0.2) is 0 Å². The Morgan fingerprint density at radius 2 is 2.05 bits per heavy atom. The van der Waals surface area contributed by atoms with E-state index in [1.54, 1.807) is 12.1 Å². The molecule has 0 radical (unpaired) electrons. The van der Waals surface area contributed by atoms with Gasteiger partial charge in [-0.2, -0.15) is 0 Å². The van der Waals surface area contributed by atoms with Crippen LogP contribution in [0.5, 0.6) is 0 Å². The summed E-state index contributed by atoms with van der Waals surface area (Å²) in [6, 6.07) is 6.71. The molecule has 0 amide bonds. The molecule has 1 aliphatic rings. The van der Waals surface area contributed by atoms with Gasteiger partial charge in [-0.25, -0.2) is 4.39 Å². The molecule has 0 aromatic heterocycles. The fourth-order valence-corrected chi connectivity index (χ4v) is 3.31. The highest BCUT2D eigenvalue weighted by Gasteiger charge is 2.27. The van der Waals surface area contributed by atoms with Gasteiger partial charge in [-0.1, -0.05) is 38.8 Å². The molecule has 0 bridgehead atoms. The molecule has 1 aromatic rings. The van der Waals surface area contributed by atoms with Crippen molar-refractivity contribution in [1.82, 2.24) is 5.32 Å². The second-order valence-corrected chi connectivity index (χ2v) is 6.28. The summed E-state index contributed by atoms with van der Waals surface area (Å²) >= 11 is 0. The molecule has 2 N–H and O–H groups in total. The fraction of sp³-hybridized carbons (Fsp3) is 0.647. The van der Waals surface area contributed by atoms with Crippen molar-refractivity contribution >= 4 is 0 Å². The summed E-state index contributed by atoms with van der Waals surface area (Å²) in [4.78, 5) is 0. The Kier molecular flexibility index (Phi) is 5.55. The molecule has 112 valence electrons. The van der Waals surface area contributed by atoms with Crippen molar-refractivity contribution < 1.29 is 9.50 Å². The molecule has 3 unspecified atom stereocenters. The minimum Gasteiger partial charge on any atom is -0.387 e. The van der Waals surface area contributed by atoms with E-state index in [0.29, 0.717) is 30.0 Å². The number of hydrogen-bond donors (Lipinski definition) is 2. The van der Waals surface area contributed by atoms with Gasteiger partial charge < -0.3 is 10.4 Å². The first-order valence-electron chi connectivity index (χ1n) is 7.75. The minimum absolute atomic E-state index is 0.292. The Balaban J connectivity index is 1.90. The van der Waals surface area contributed by atoms with Gasteiger partial charge in [0.1, 0.15) is 5.82 Å². The summed E-state index contributed by atoms with van der Waals surface area (Å²) in [5, 5.41) is 13.7. The number of nitrogens with one attached hydrogen (secondary N) is 1. The highest BCUT2D eigenvalue weighted by Crippen LogP contribution is 2.30. The predicted octanol–water partition coefficient (Wildman–Crippen LogP) is 3.66. The molecule has 0 spiro atoms. The molecule has 3 heteroatoms. The Morgan fingerprint density at radius 3 is 2.75 bits per heavy atom. The number of benzene rings is 1. The molecule has 2 rings (SSSR count). The van der Waals surface area contributed by atoms with Crippen LogP contribution in [0.1, 0.15) is 51.2 Å². The molecule has 1 aromatic carbocycles. The third kappa shape index (κ3) is 4.03. The Labute approximate surface area is 121 Å². The average molecular weight is 279 g/mol. The SMILES string of the molecule is CC(C)C1CCCCC1NCC(O)c1cccc(F)c1.